The number of imidazole rings is 1. The standard InChI is InChI=1S/C26H20N4O3S/c31-24(21-8-12-25-27-15-16-30(25)18-21)11-7-19-5-9-22(10-6-19)34(32,33)23-4-1-3-20(17-23)26-28-13-2-14-29-26/h1-6,8-10,12-18H,7,11H2. The Labute approximate surface area is 196 Å². The van der Waals surface area contributed by atoms with Gasteiger partial charge in [-0.2, -0.15) is 0 Å². The molecule has 0 saturated heterocycles. The maximum absolute atomic E-state index is 13.2. The van der Waals surface area contributed by atoms with Crippen molar-refractivity contribution in [1.29, 1.82) is 0 Å². The van der Waals surface area contributed by atoms with Crippen LogP contribution in [0.4, 0.5) is 0 Å². The summed E-state index contributed by atoms with van der Waals surface area (Å²) in [5.41, 5.74) is 2.93. The monoisotopic (exact) mass is 468 g/mol. The summed E-state index contributed by atoms with van der Waals surface area (Å²) in [6.45, 7) is 0. The molecule has 5 rings (SSSR count). The van der Waals surface area contributed by atoms with E-state index in [4.69, 9.17) is 0 Å². The second-order valence-corrected chi connectivity index (χ2v) is 9.73. The van der Waals surface area contributed by atoms with Crippen LogP contribution in [-0.2, 0) is 16.3 Å². The van der Waals surface area contributed by atoms with Crippen LogP contribution in [0.2, 0.25) is 0 Å². The van der Waals surface area contributed by atoms with Gasteiger partial charge in [-0.25, -0.2) is 23.4 Å². The second kappa shape index (κ2) is 8.99. The third-order valence-corrected chi connectivity index (χ3v) is 7.32. The van der Waals surface area contributed by atoms with Gasteiger partial charge in [-0.1, -0.05) is 24.3 Å². The van der Waals surface area contributed by atoms with E-state index in [9.17, 15) is 13.2 Å². The van der Waals surface area contributed by atoms with Crippen molar-refractivity contribution in [2.24, 2.45) is 0 Å². The third kappa shape index (κ3) is 4.35. The molecule has 0 spiro atoms. The average molecular weight is 469 g/mol. The number of carbonyl (C=O) groups is 1. The number of rotatable bonds is 7. The van der Waals surface area contributed by atoms with Crippen molar-refractivity contribution < 1.29 is 13.2 Å². The van der Waals surface area contributed by atoms with E-state index < -0.39 is 9.84 Å². The number of aromatic nitrogens is 4. The molecule has 0 radical (unpaired) electrons. The summed E-state index contributed by atoms with van der Waals surface area (Å²) in [6.07, 6.45) is 9.33. The van der Waals surface area contributed by atoms with Crippen molar-refractivity contribution >= 4 is 21.3 Å². The highest BCUT2D eigenvalue weighted by atomic mass is 32.2. The lowest BCUT2D eigenvalue weighted by Crippen LogP contribution is -2.04. The summed E-state index contributed by atoms with van der Waals surface area (Å²) in [7, 11) is -3.71. The first-order valence-electron chi connectivity index (χ1n) is 10.7. The molecule has 0 fully saturated rings. The minimum Gasteiger partial charge on any atom is -0.306 e. The van der Waals surface area contributed by atoms with Gasteiger partial charge in [0, 0.05) is 48.5 Å². The van der Waals surface area contributed by atoms with Crippen LogP contribution in [0, 0.1) is 0 Å². The molecular weight excluding hydrogens is 448 g/mol. The van der Waals surface area contributed by atoms with Gasteiger partial charge in [0.2, 0.25) is 9.84 Å². The van der Waals surface area contributed by atoms with E-state index in [-0.39, 0.29) is 15.6 Å². The molecule has 0 aliphatic rings. The summed E-state index contributed by atoms with van der Waals surface area (Å²) in [5, 5.41) is 0. The maximum Gasteiger partial charge on any atom is 0.206 e. The lowest BCUT2D eigenvalue weighted by atomic mass is 10.0. The molecule has 34 heavy (non-hydrogen) atoms. The second-order valence-electron chi connectivity index (χ2n) is 7.78. The van der Waals surface area contributed by atoms with E-state index in [1.54, 1.807) is 91.6 Å². The number of carbonyl (C=O) groups excluding carboxylic acids is 1. The van der Waals surface area contributed by atoms with E-state index in [1.807, 2.05) is 10.5 Å². The number of Topliss-reactive ketones (excluding diaryl/α,β-unsaturated/α-hetero) is 1. The number of ketones is 1. The molecule has 0 amide bonds. The van der Waals surface area contributed by atoms with E-state index in [2.05, 4.69) is 15.0 Å². The number of hydrogen-bond donors (Lipinski definition) is 0. The molecule has 0 aliphatic heterocycles. The van der Waals surface area contributed by atoms with E-state index in [0.717, 1.165) is 11.2 Å². The van der Waals surface area contributed by atoms with E-state index >= 15 is 0 Å². The fourth-order valence-electron chi connectivity index (χ4n) is 3.71. The van der Waals surface area contributed by atoms with Crippen LogP contribution in [0.15, 0.2) is 108 Å². The molecule has 3 heterocycles. The lowest BCUT2D eigenvalue weighted by Gasteiger charge is -2.08. The number of hydrogen-bond acceptors (Lipinski definition) is 6. The van der Waals surface area contributed by atoms with Gasteiger partial charge in [-0.05, 0) is 54.4 Å². The minimum atomic E-state index is -3.71. The molecule has 7 nitrogen and oxygen atoms in total. The van der Waals surface area contributed by atoms with Crippen molar-refractivity contribution in [2.45, 2.75) is 22.6 Å². The van der Waals surface area contributed by atoms with Crippen molar-refractivity contribution in [3.05, 3.63) is 109 Å². The predicted molar refractivity (Wildman–Crippen MR) is 127 cm³/mol. The Morgan fingerprint density at radius 2 is 1.62 bits per heavy atom. The molecule has 0 unspecified atom stereocenters. The number of nitrogens with zero attached hydrogens (tertiary/aromatic N) is 4. The first kappa shape index (κ1) is 21.7. The fraction of sp³-hybridized carbons (Fsp3) is 0.0769. The summed E-state index contributed by atoms with van der Waals surface area (Å²) >= 11 is 0. The Bertz CT molecular complexity index is 1580. The summed E-state index contributed by atoms with van der Waals surface area (Å²) in [6, 6.07) is 18.6. The van der Waals surface area contributed by atoms with Crippen LogP contribution in [0.25, 0.3) is 17.0 Å². The molecule has 0 N–H and O–H groups in total. The van der Waals surface area contributed by atoms with Crippen molar-refractivity contribution in [3.63, 3.8) is 0 Å². The SMILES string of the molecule is O=C(CCc1ccc(S(=O)(=O)c2cccc(-c3ncccn3)c2)cc1)c1ccc2nccn2c1. The predicted octanol–water partition coefficient (Wildman–Crippen LogP) is 4.44. The van der Waals surface area contributed by atoms with Crippen LogP contribution in [0.5, 0.6) is 0 Å². The van der Waals surface area contributed by atoms with Crippen molar-refractivity contribution in [3.8, 4) is 11.4 Å². The van der Waals surface area contributed by atoms with Crippen molar-refractivity contribution in [2.75, 3.05) is 0 Å². The molecule has 2 aromatic carbocycles. The van der Waals surface area contributed by atoms with Gasteiger partial charge in [0.15, 0.2) is 11.6 Å². The quantitative estimate of drug-likeness (QED) is 0.328. The minimum absolute atomic E-state index is 0.0206. The Morgan fingerprint density at radius 1 is 0.824 bits per heavy atom. The summed E-state index contributed by atoms with van der Waals surface area (Å²) in [4.78, 5) is 25.5. The summed E-state index contributed by atoms with van der Waals surface area (Å²) in [5.74, 6) is 0.485. The molecule has 0 saturated carbocycles. The molecule has 3 aromatic heterocycles. The third-order valence-electron chi connectivity index (χ3n) is 5.55. The average Bonchev–Trinajstić information content (AvgIpc) is 3.36. The molecule has 0 atom stereocenters. The number of fused-ring (bicyclic) bond motifs is 1. The topological polar surface area (TPSA) is 94.3 Å². The van der Waals surface area contributed by atoms with Gasteiger partial charge in [0.05, 0.1) is 9.79 Å². The fourth-order valence-corrected chi connectivity index (χ4v) is 5.02. The number of aryl methyl sites for hydroxylation is 1. The van der Waals surface area contributed by atoms with Gasteiger partial charge in [-0.3, -0.25) is 4.79 Å². The molecule has 168 valence electrons. The molecule has 0 aliphatic carbocycles. The van der Waals surface area contributed by atoms with Crippen molar-refractivity contribution in [1.82, 2.24) is 19.4 Å². The highest BCUT2D eigenvalue weighted by molar-refractivity contribution is 7.91. The first-order valence-corrected chi connectivity index (χ1v) is 12.2. The Hall–Kier alpha value is -4.17. The number of pyridine rings is 1. The van der Waals surface area contributed by atoms with Gasteiger partial charge in [0.25, 0.3) is 0 Å². The first-order chi connectivity index (χ1) is 16.5. The van der Waals surface area contributed by atoms with Crippen LogP contribution in [-0.4, -0.2) is 33.6 Å². The molecule has 8 heteroatoms. The number of sulfone groups is 1. The highest BCUT2D eigenvalue weighted by Crippen LogP contribution is 2.25. The van der Waals surface area contributed by atoms with Gasteiger partial charge in [0.1, 0.15) is 5.65 Å². The van der Waals surface area contributed by atoms with Gasteiger partial charge >= 0.3 is 0 Å². The maximum atomic E-state index is 13.2. The zero-order chi connectivity index (χ0) is 23.5. The molecular formula is C26H20N4O3S. The normalized spacial score (nSPS) is 11.5. The van der Waals surface area contributed by atoms with E-state index in [1.165, 1.54) is 0 Å². The largest absolute Gasteiger partial charge is 0.306 e. The molecule has 0 bridgehead atoms. The van der Waals surface area contributed by atoms with Crippen LogP contribution in [0.3, 0.4) is 0 Å². The smallest absolute Gasteiger partial charge is 0.206 e. The van der Waals surface area contributed by atoms with Crippen LogP contribution < -0.4 is 0 Å². The van der Waals surface area contributed by atoms with Crippen LogP contribution >= 0.6 is 0 Å². The van der Waals surface area contributed by atoms with Gasteiger partial charge < -0.3 is 4.40 Å². The Morgan fingerprint density at radius 3 is 2.41 bits per heavy atom. The highest BCUT2D eigenvalue weighted by Gasteiger charge is 2.19. The zero-order valence-corrected chi connectivity index (χ0v) is 18.9. The number of benzene rings is 2. The van der Waals surface area contributed by atoms with E-state index in [0.29, 0.717) is 29.8 Å². The lowest BCUT2D eigenvalue weighted by molar-refractivity contribution is 0.0982. The zero-order valence-electron chi connectivity index (χ0n) is 18.1. The van der Waals surface area contributed by atoms with Gasteiger partial charge in [-0.15, -0.1) is 0 Å². The Balaban J connectivity index is 1.30. The molecule has 5 aromatic rings. The Kier molecular flexibility index (Phi) is 5.73. The summed E-state index contributed by atoms with van der Waals surface area (Å²) < 4.78 is 28.1. The van der Waals surface area contributed by atoms with Crippen LogP contribution in [0.1, 0.15) is 22.3 Å².